The van der Waals surface area contributed by atoms with Crippen molar-refractivity contribution < 1.29 is 13.2 Å². The number of hydrogen-bond donors (Lipinski definition) is 0. The molecule has 0 aliphatic carbocycles. The summed E-state index contributed by atoms with van der Waals surface area (Å²) in [5.41, 5.74) is 3.48. The van der Waals surface area contributed by atoms with Crippen LogP contribution < -0.4 is 4.80 Å². The molecule has 0 bridgehead atoms. The molecule has 31 heavy (non-hydrogen) atoms. The molecule has 1 aliphatic heterocycles. The van der Waals surface area contributed by atoms with Crippen molar-refractivity contribution in [2.75, 3.05) is 13.1 Å². The number of aromatic nitrogens is 1. The monoisotopic (exact) mass is 497 g/mol. The van der Waals surface area contributed by atoms with Gasteiger partial charge in [0.15, 0.2) is 4.80 Å². The van der Waals surface area contributed by atoms with Crippen molar-refractivity contribution in [3.05, 3.63) is 44.5 Å². The molecular weight excluding hydrogens is 474 g/mol. The van der Waals surface area contributed by atoms with Crippen LogP contribution in [0.25, 0.3) is 10.2 Å². The number of halogens is 1. The number of hydrogen-bond acceptors (Lipinski definition) is 5. The van der Waals surface area contributed by atoms with Gasteiger partial charge in [0.25, 0.3) is 15.9 Å². The minimum absolute atomic E-state index is 0.148. The van der Waals surface area contributed by atoms with Gasteiger partial charge in [-0.05, 0) is 69.0 Å². The van der Waals surface area contributed by atoms with Gasteiger partial charge in [0.1, 0.15) is 4.21 Å². The van der Waals surface area contributed by atoms with Gasteiger partial charge < -0.3 is 4.57 Å². The van der Waals surface area contributed by atoms with E-state index in [1.165, 1.54) is 32.8 Å². The summed E-state index contributed by atoms with van der Waals surface area (Å²) in [5, 5.41) is 0. The highest BCUT2D eigenvalue weighted by molar-refractivity contribution is 7.91. The Morgan fingerprint density at radius 2 is 1.97 bits per heavy atom. The number of nitrogens with zero attached hydrogens (tertiary/aromatic N) is 3. The Morgan fingerprint density at radius 1 is 1.23 bits per heavy atom. The minimum atomic E-state index is -3.65. The first kappa shape index (κ1) is 22.7. The first-order valence-electron chi connectivity index (χ1n) is 10.2. The van der Waals surface area contributed by atoms with Gasteiger partial charge in [-0.1, -0.05) is 22.9 Å². The number of fused-ring (bicyclic) bond motifs is 1. The largest absolute Gasteiger partial charge is 0.317 e. The van der Waals surface area contributed by atoms with E-state index in [2.05, 4.69) is 35.5 Å². The number of benzene rings is 1. The first-order chi connectivity index (χ1) is 14.7. The minimum Gasteiger partial charge on any atom is -0.317 e. The fourth-order valence-corrected chi connectivity index (χ4v) is 8.16. The number of thiazole rings is 1. The van der Waals surface area contributed by atoms with Crippen LogP contribution in [0.3, 0.4) is 0 Å². The van der Waals surface area contributed by atoms with Gasteiger partial charge in [-0.2, -0.15) is 9.30 Å². The second kappa shape index (κ2) is 8.78. The van der Waals surface area contributed by atoms with Crippen molar-refractivity contribution in [2.24, 2.45) is 10.9 Å². The molecule has 2 aromatic heterocycles. The van der Waals surface area contributed by atoms with Gasteiger partial charge in [-0.15, -0.1) is 11.3 Å². The van der Waals surface area contributed by atoms with E-state index < -0.39 is 15.9 Å². The zero-order valence-electron chi connectivity index (χ0n) is 17.6. The molecule has 3 aromatic rings. The van der Waals surface area contributed by atoms with Crippen molar-refractivity contribution in [3.8, 4) is 0 Å². The molecular formula is C21H24ClN3O3S3. The SMILES string of the molecule is CCn1c(=NC(=O)C2CCCN(S(=O)(=O)c3ccc(Cl)s3)C2)sc2cc(C)c(C)cc21. The third kappa shape index (κ3) is 4.39. The predicted octanol–water partition coefficient (Wildman–Crippen LogP) is 4.58. The van der Waals surface area contributed by atoms with E-state index >= 15 is 0 Å². The van der Waals surface area contributed by atoms with Gasteiger partial charge in [0.05, 0.1) is 20.5 Å². The normalized spacial score (nSPS) is 18.7. The lowest BCUT2D eigenvalue weighted by Crippen LogP contribution is -2.42. The fraction of sp³-hybridized carbons (Fsp3) is 0.429. The van der Waals surface area contributed by atoms with Crippen molar-refractivity contribution >= 4 is 60.4 Å². The van der Waals surface area contributed by atoms with Crippen LogP contribution in [0.2, 0.25) is 4.34 Å². The van der Waals surface area contributed by atoms with Gasteiger partial charge in [-0.25, -0.2) is 8.42 Å². The molecule has 1 amide bonds. The average Bonchev–Trinajstić information content (AvgIpc) is 3.32. The maximum atomic E-state index is 13.0. The number of aryl methyl sites for hydroxylation is 3. The molecule has 4 rings (SSSR count). The summed E-state index contributed by atoms with van der Waals surface area (Å²) in [4.78, 5) is 18.2. The predicted molar refractivity (Wildman–Crippen MR) is 126 cm³/mol. The van der Waals surface area contributed by atoms with Gasteiger partial charge in [0.2, 0.25) is 0 Å². The third-order valence-electron chi connectivity index (χ3n) is 5.70. The van der Waals surface area contributed by atoms with Crippen molar-refractivity contribution in [1.82, 2.24) is 8.87 Å². The van der Waals surface area contributed by atoms with E-state index in [0.717, 1.165) is 21.6 Å². The summed E-state index contributed by atoms with van der Waals surface area (Å²) in [6.45, 7) is 7.44. The molecule has 0 saturated carbocycles. The molecule has 10 heteroatoms. The molecule has 0 spiro atoms. The van der Waals surface area contributed by atoms with E-state index in [4.69, 9.17) is 11.6 Å². The number of piperidine rings is 1. The lowest BCUT2D eigenvalue weighted by Gasteiger charge is -2.29. The molecule has 1 atom stereocenters. The van der Waals surface area contributed by atoms with Gasteiger partial charge >= 0.3 is 0 Å². The molecule has 1 unspecified atom stereocenters. The highest BCUT2D eigenvalue weighted by Crippen LogP contribution is 2.31. The van der Waals surface area contributed by atoms with Crippen LogP contribution in [-0.4, -0.2) is 36.3 Å². The molecule has 6 nitrogen and oxygen atoms in total. The maximum absolute atomic E-state index is 13.0. The summed E-state index contributed by atoms with van der Waals surface area (Å²) in [7, 11) is -3.65. The van der Waals surface area contributed by atoms with E-state index in [9.17, 15) is 13.2 Å². The van der Waals surface area contributed by atoms with Crippen molar-refractivity contribution in [2.45, 2.75) is 44.4 Å². The van der Waals surface area contributed by atoms with Gasteiger partial charge in [-0.3, -0.25) is 4.79 Å². The summed E-state index contributed by atoms with van der Waals surface area (Å²) in [5.74, 6) is -0.704. The first-order valence-corrected chi connectivity index (χ1v) is 13.6. The Labute approximate surface area is 194 Å². The zero-order chi connectivity index (χ0) is 22.3. The van der Waals surface area contributed by atoms with Crippen LogP contribution in [0.5, 0.6) is 0 Å². The Kier molecular flexibility index (Phi) is 6.42. The summed E-state index contributed by atoms with van der Waals surface area (Å²) >= 11 is 8.46. The number of sulfonamides is 1. The number of thiophene rings is 1. The van der Waals surface area contributed by atoms with E-state index in [1.54, 1.807) is 6.07 Å². The van der Waals surface area contributed by atoms with Crippen molar-refractivity contribution in [3.63, 3.8) is 0 Å². The molecule has 0 N–H and O–H groups in total. The third-order valence-corrected chi connectivity index (χ3v) is 10.3. The Bertz CT molecular complexity index is 1320. The van der Waals surface area contributed by atoms with Crippen LogP contribution in [-0.2, 0) is 21.4 Å². The zero-order valence-corrected chi connectivity index (χ0v) is 20.8. The van der Waals surface area contributed by atoms with Crippen LogP contribution >= 0.6 is 34.3 Å². The fourth-order valence-electron chi connectivity index (χ4n) is 3.82. The second-order valence-corrected chi connectivity index (χ2v) is 12.6. The van der Waals surface area contributed by atoms with E-state index in [-0.39, 0.29) is 16.7 Å². The quantitative estimate of drug-likeness (QED) is 0.529. The summed E-state index contributed by atoms with van der Waals surface area (Å²) < 4.78 is 31.1. The molecule has 166 valence electrons. The standard InChI is InChI=1S/C21H24ClN3O3S3/c1-4-25-16-10-13(2)14(3)11-17(16)29-21(25)23-20(26)15-6-5-9-24(12-15)31(27,28)19-8-7-18(22)30-19/h7-8,10-11,15H,4-6,9,12H2,1-3H3. The van der Waals surface area contributed by atoms with Crippen LogP contribution in [0.15, 0.2) is 33.5 Å². The Balaban J connectivity index is 1.63. The molecule has 3 heterocycles. The van der Waals surface area contributed by atoms with E-state index in [0.29, 0.717) is 35.1 Å². The number of carbonyl (C=O) groups excluding carboxylic acids is 1. The van der Waals surface area contributed by atoms with Crippen molar-refractivity contribution in [1.29, 1.82) is 0 Å². The molecule has 1 aliphatic rings. The number of rotatable bonds is 4. The summed E-state index contributed by atoms with van der Waals surface area (Å²) in [6, 6.07) is 7.36. The topological polar surface area (TPSA) is 71.7 Å². The lowest BCUT2D eigenvalue weighted by molar-refractivity contribution is -0.122. The smallest absolute Gasteiger partial charge is 0.252 e. The van der Waals surface area contributed by atoms with Crippen LogP contribution in [0, 0.1) is 19.8 Å². The highest BCUT2D eigenvalue weighted by Gasteiger charge is 2.34. The number of carbonyl (C=O) groups is 1. The maximum Gasteiger partial charge on any atom is 0.252 e. The summed E-state index contributed by atoms with van der Waals surface area (Å²) in [6.07, 6.45) is 1.26. The number of amides is 1. The molecule has 1 fully saturated rings. The second-order valence-electron chi connectivity index (χ2n) is 7.74. The Hall–Kier alpha value is -1.52. The Morgan fingerprint density at radius 3 is 2.65 bits per heavy atom. The van der Waals surface area contributed by atoms with Crippen LogP contribution in [0.4, 0.5) is 0 Å². The molecule has 1 aromatic carbocycles. The molecule has 1 saturated heterocycles. The van der Waals surface area contributed by atoms with E-state index in [1.807, 2.05) is 6.92 Å². The lowest BCUT2D eigenvalue weighted by atomic mass is 9.99. The molecule has 0 radical (unpaired) electrons. The van der Waals surface area contributed by atoms with Gasteiger partial charge in [0, 0.05) is 19.6 Å². The highest BCUT2D eigenvalue weighted by atomic mass is 35.5. The average molecular weight is 498 g/mol. The van der Waals surface area contributed by atoms with Crippen LogP contribution in [0.1, 0.15) is 30.9 Å².